The van der Waals surface area contributed by atoms with Crippen LogP contribution in [0.5, 0.6) is 5.75 Å². The van der Waals surface area contributed by atoms with E-state index >= 15 is 0 Å². The molecule has 0 spiro atoms. The van der Waals surface area contributed by atoms with E-state index in [1.807, 2.05) is 12.1 Å². The van der Waals surface area contributed by atoms with Gasteiger partial charge < -0.3 is 15.4 Å². The Labute approximate surface area is 126 Å². The lowest BCUT2D eigenvalue weighted by molar-refractivity contribution is 0.208. The van der Waals surface area contributed by atoms with Gasteiger partial charge in [-0.05, 0) is 44.0 Å². The summed E-state index contributed by atoms with van der Waals surface area (Å²) in [6.45, 7) is 2.06. The molecule has 0 radical (unpaired) electrons. The van der Waals surface area contributed by atoms with Gasteiger partial charge in [-0.2, -0.15) is 0 Å². The van der Waals surface area contributed by atoms with E-state index in [9.17, 15) is 0 Å². The predicted molar refractivity (Wildman–Crippen MR) is 82.3 cm³/mol. The van der Waals surface area contributed by atoms with Crippen molar-refractivity contribution < 1.29 is 4.74 Å². The molecule has 1 saturated carbocycles. The third kappa shape index (κ3) is 2.80. The second-order valence-corrected chi connectivity index (χ2v) is 6.71. The summed E-state index contributed by atoms with van der Waals surface area (Å²) in [4.78, 5) is 2.28. The number of likely N-dealkylation sites (N-methyl/N-ethyl adjacent to an activating group) is 1. The summed E-state index contributed by atoms with van der Waals surface area (Å²) >= 11 is 6.39. The number of likely N-dealkylation sites (tertiary alicyclic amines) is 1. The molecule has 0 amide bonds. The van der Waals surface area contributed by atoms with Gasteiger partial charge in [0.1, 0.15) is 11.9 Å². The van der Waals surface area contributed by atoms with E-state index in [-0.39, 0.29) is 11.6 Å². The second-order valence-electron chi connectivity index (χ2n) is 6.30. The maximum atomic E-state index is 6.48. The smallest absolute Gasteiger partial charge is 0.138 e. The average molecular weight is 295 g/mol. The molecule has 1 aliphatic carbocycles. The van der Waals surface area contributed by atoms with Crippen LogP contribution in [0.4, 0.5) is 0 Å². The van der Waals surface area contributed by atoms with Crippen LogP contribution >= 0.6 is 11.6 Å². The highest BCUT2D eigenvalue weighted by Gasteiger charge is 2.31. The zero-order valence-electron chi connectivity index (χ0n) is 12.1. The number of hydrogen-bond acceptors (Lipinski definition) is 3. The molecular formula is C16H23ClN2O. The van der Waals surface area contributed by atoms with Gasteiger partial charge in [-0.3, -0.25) is 0 Å². The first-order valence-electron chi connectivity index (χ1n) is 7.51. The molecule has 1 aromatic rings. The molecule has 1 unspecified atom stereocenters. The molecule has 110 valence electrons. The van der Waals surface area contributed by atoms with E-state index in [0.717, 1.165) is 43.7 Å². The molecule has 2 fully saturated rings. The van der Waals surface area contributed by atoms with Gasteiger partial charge in [-0.1, -0.05) is 30.5 Å². The fraction of sp³-hybridized carbons (Fsp3) is 0.625. The summed E-state index contributed by atoms with van der Waals surface area (Å²) in [6, 6.07) is 6.08. The van der Waals surface area contributed by atoms with Crippen LogP contribution in [0, 0.1) is 0 Å². The Balaban J connectivity index is 1.74. The van der Waals surface area contributed by atoms with Gasteiger partial charge in [-0.15, -0.1) is 0 Å². The Bertz CT molecular complexity index is 485. The summed E-state index contributed by atoms with van der Waals surface area (Å²) in [6.07, 6.45) is 5.84. The van der Waals surface area contributed by atoms with Gasteiger partial charge >= 0.3 is 0 Å². The molecule has 0 bridgehead atoms. The van der Waals surface area contributed by atoms with Crippen LogP contribution in [0.3, 0.4) is 0 Å². The minimum atomic E-state index is -0.185. The number of benzene rings is 1. The van der Waals surface area contributed by atoms with Crippen LogP contribution < -0.4 is 10.5 Å². The summed E-state index contributed by atoms with van der Waals surface area (Å²) in [5.74, 6) is 0.789. The van der Waals surface area contributed by atoms with Crippen LogP contribution in [-0.2, 0) is 5.54 Å². The van der Waals surface area contributed by atoms with Crippen molar-refractivity contribution in [3.8, 4) is 5.75 Å². The predicted octanol–water partition coefficient (Wildman–Crippen LogP) is 3.15. The van der Waals surface area contributed by atoms with Crippen molar-refractivity contribution >= 4 is 11.6 Å². The van der Waals surface area contributed by atoms with Gasteiger partial charge in [0.25, 0.3) is 0 Å². The molecule has 0 aromatic heterocycles. The van der Waals surface area contributed by atoms with Crippen molar-refractivity contribution in [2.24, 2.45) is 5.73 Å². The zero-order chi connectivity index (χ0) is 14.2. The lowest BCUT2D eigenvalue weighted by atomic mass is 9.89. The lowest BCUT2D eigenvalue weighted by Crippen LogP contribution is -2.33. The van der Waals surface area contributed by atoms with E-state index in [4.69, 9.17) is 22.1 Å². The molecule has 3 nitrogen and oxygen atoms in total. The van der Waals surface area contributed by atoms with Gasteiger partial charge in [0, 0.05) is 18.6 Å². The van der Waals surface area contributed by atoms with E-state index < -0.39 is 0 Å². The largest absolute Gasteiger partial charge is 0.487 e. The first-order chi connectivity index (χ1) is 9.57. The molecular weight excluding hydrogens is 272 g/mol. The summed E-state index contributed by atoms with van der Waals surface area (Å²) in [5, 5.41) is 0.689. The van der Waals surface area contributed by atoms with Crippen LogP contribution in [0.25, 0.3) is 0 Å². The zero-order valence-corrected chi connectivity index (χ0v) is 12.8. The summed E-state index contributed by atoms with van der Waals surface area (Å²) in [7, 11) is 2.12. The third-order valence-electron chi connectivity index (χ3n) is 4.64. The standard InChI is InChI=1S/C16H23ClN2O/c1-19-9-6-13(11-19)20-15-5-4-12(10-14(15)17)16(18)7-2-3-8-16/h4-5,10,13H,2-3,6-9,11,18H2,1H3. The van der Waals surface area contributed by atoms with Crippen molar-refractivity contribution in [1.29, 1.82) is 0 Å². The van der Waals surface area contributed by atoms with E-state index in [1.54, 1.807) is 0 Å². The monoisotopic (exact) mass is 294 g/mol. The van der Waals surface area contributed by atoms with Crippen LogP contribution in [0.1, 0.15) is 37.7 Å². The fourth-order valence-corrected chi connectivity index (χ4v) is 3.60. The minimum absolute atomic E-state index is 0.185. The first kappa shape index (κ1) is 14.2. The van der Waals surface area contributed by atoms with E-state index in [1.165, 1.54) is 12.8 Å². The fourth-order valence-electron chi connectivity index (χ4n) is 3.37. The quantitative estimate of drug-likeness (QED) is 0.931. The van der Waals surface area contributed by atoms with Crippen molar-refractivity contribution in [2.75, 3.05) is 20.1 Å². The maximum absolute atomic E-state index is 6.48. The molecule has 1 aromatic carbocycles. The molecule has 3 rings (SSSR count). The van der Waals surface area contributed by atoms with Crippen molar-refractivity contribution in [1.82, 2.24) is 4.90 Å². The highest BCUT2D eigenvalue weighted by molar-refractivity contribution is 6.32. The normalized spacial score (nSPS) is 26.1. The first-order valence-corrected chi connectivity index (χ1v) is 7.89. The van der Waals surface area contributed by atoms with Gasteiger partial charge in [-0.25, -0.2) is 0 Å². The molecule has 2 N–H and O–H groups in total. The number of ether oxygens (including phenoxy) is 1. The van der Waals surface area contributed by atoms with Gasteiger partial charge in [0.2, 0.25) is 0 Å². The Hall–Kier alpha value is -0.770. The number of hydrogen-bond donors (Lipinski definition) is 1. The van der Waals surface area contributed by atoms with Crippen molar-refractivity contribution in [3.05, 3.63) is 28.8 Å². The molecule has 2 aliphatic rings. The minimum Gasteiger partial charge on any atom is -0.487 e. The lowest BCUT2D eigenvalue weighted by Gasteiger charge is -2.25. The highest BCUT2D eigenvalue weighted by Crippen LogP contribution is 2.39. The van der Waals surface area contributed by atoms with E-state index in [0.29, 0.717) is 5.02 Å². The van der Waals surface area contributed by atoms with Gasteiger partial charge in [0.05, 0.1) is 5.02 Å². The molecule has 1 saturated heterocycles. The molecule has 4 heteroatoms. The molecule has 1 atom stereocenters. The average Bonchev–Trinajstić information content (AvgIpc) is 3.02. The number of halogens is 1. The number of nitrogens with zero attached hydrogens (tertiary/aromatic N) is 1. The van der Waals surface area contributed by atoms with Crippen molar-refractivity contribution in [3.63, 3.8) is 0 Å². The Morgan fingerprint density at radius 1 is 1.35 bits per heavy atom. The molecule has 20 heavy (non-hydrogen) atoms. The highest BCUT2D eigenvalue weighted by atomic mass is 35.5. The maximum Gasteiger partial charge on any atom is 0.138 e. The Morgan fingerprint density at radius 2 is 2.10 bits per heavy atom. The molecule has 1 heterocycles. The van der Waals surface area contributed by atoms with Crippen LogP contribution in [0.15, 0.2) is 18.2 Å². The van der Waals surface area contributed by atoms with Gasteiger partial charge in [0.15, 0.2) is 0 Å². The number of nitrogens with two attached hydrogens (primary N) is 1. The topological polar surface area (TPSA) is 38.5 Å². The second kappa shape index (κ2) is 5.55. The third-order valence-corrected chi connectivity index (χ3v) is 4.94. The SMILES string of the molecule is CN1CCC(Oc2ccc(C3(N)CCCC3)cc2Cl)C1. The molecule has 1 aliphatic heterocycles. The Morgan fingerprint density at radius 3 is 2.70 bits per heavy atom. The van der Waals surface area contributed by atoms with E-state index in [2.05, 4.69) is 18.0 Å². The number of rotatable bonds is 3. The summed E-state index contributed by atoms with van der Waals surface area (Å²) in [5.41, 5.74) is 7.44. The van der Waals surface area contributed by atoms with Crippen LogP contribution in [-0.4, -0.2) is 31.1 Å². The summed E-state index contributed by atoms with van der Waals surface area (Å²) < 4.78 is 6.01. The van der Waals surface area contributed by atoms with Crippen molar-refractivity contribution in [2.45, 2.75) is 43.7 Å². The Kier molecular flexibility index (Phi) is 3.93. The van der Waals surface area contributed by atoms with Crippen LogP contribution in [0.2, 0.25) is 5.02 Å².